The fourth-order valence-electron chi connectivity index (χ4n) is 1.69. The van der Waals surface area contributed by atoms with Crippen LogP contribution in [0.25, 0.3) is 0 Å². The first-order valence-corrected chi connectivity index (χ1v) is 5.79. The Kier molecular flexibility index (Phi) is 3.61. The molecule has 2 rings (SSSR count). The van der Waals surface area contributed by atoms with Gasteiger partial charge in [0, 0.05) is 25.5 Å². The van der Waals surface area contributed by atoms with Gasteiger partial charge >= 0.3 is 0 Å². The van der Waals surface area contributed by atoms with E-state index >= 15 is 0 Å². The molecule has 0 aromatic carbocycles. The van der Waals surface area contributed by atoms with E-state index in [1.54, 1.807) is 15.6 Å². The first-order chi connectivity index (χ1) is 8.72. The van der Waals surface area contributed by atoms with Crippen molar-refractivity contribution in [3.05, 3.63) is 30.4 Å². The van der Waals surface area contributed by atoms with Crippen LogP contribution in [0.4, 0.5) is 5.69 Å². The Bertz CT molecular complexity index is 516. The molecule has 96 valence electrons. The van der Waals surface area contributed by atoms with E-state index in [0.29, 0.717) is 31.0 Å². The molecular weight excluding hydrogens is 232 g/mol. The third-order valence-electron chi connectivity index (χ3n) is 2.57. The minimum absolute atomic E-state index is 0.209. The number of nitrogens with zero attached hydrogens (tertiary/aromatic N) is 4. The van der Waals surface area contributed by atoms with Gasteiger partial charge in [0.1, 0.15) is 5.69 Å². The van der Waals surface area contributed by atoms with Crippen LogP contribution in [0.1, 0.15) is 17.4 Å². The number of amides is 1. The van der Waals surface area contributed by atoms with Crippen molar-refractivity contribution in [2.24, 2.45) is 0 Å². The number of carbonyl (C=O) groups is 1. The van der Waals surface area contributed by atoms with Crippen LogP contribution in [0, 0.1) is 0 Å². The highest BCUT2D eigenvalue weighted by Gasteiger charge is 2.15. The number of hydrogen-bond acceptors (Lipinski definition) is 4. The van der Waals surface area contributed by atoms with Gasteiger partial charge in [-0.3, -0.25) is 14.2 Å². The molecule has 0 aliphatic rings. The maximum atomic E-state index is 12.0. The highest BCUT2D eigenvalue weighted by molar-refractivity contribution is 5.97. The van der Waals surface area contributed by atoms with Gasteiger partial charge < -0.3 is 11.1 Å². The number of aryl methyl sites for hydroxylation is 1. The van der Waals surface area contributed by atoms with Crippen LogP contribution < -0.4 is 11.1 Å². The predicted octanol–water partition coefficient (Wildman–Crippen LogP) is 0.112. The second-order valence-electron chi connectivity index (χ2n) is 3.79. The number of aromatic nitrogens is 4. The summed E-state index contributed by atoms with van der Waals surface area (Å²) in [6.07, 6.45) is 5.04. The number of carbonyl (C=O) groups excluding carboxylic acids is 1. The minimum Gasteiger partial charge on any atom is -0.396 e. The topological polar surface area (TPSA) is 90.8 Å². The second kappa shape index (κ2) is 5.35. The van der Waals surface area contributed by atoms with Gasteiger partial charge in [-0.15, -0.1) is 0 Å². The molecule has 0 bridgehead atoms. The van der Waals surface area contributed by atoms with Gasteiger partial charge in [-0.25, -0.2) is 0 Å². The molecule has 0 aliphatic heterocycles. The fraction of sp³-hybridized carbons (Fsp3) is 0.364. The molecule has 0 fully saturated rings. The number of nitrogens with one attached hydrogen (secondary N) is 1. The van der Waals surface area contributed by atoms with Gasteiger partial charge in [0.25, 0.3) is 5.91 Å². The molecule has 7 nitrogen and oxygen atoms in total. The molecule has 2 heterocycles. The zero-order valence-corrected chi connectivity index (χ0v) is 10.2. The van der Waals surface area contributed by atoms with E-state index in [2.05, 4.69) is 15.5 Å². The Morgan fingerprint density at radius 2 is 2.33 bits per heavy atom. The molecule has 0 saturated heterocycles. The van der Waals surface area contributed by atoms with Crippen molar-refractivity contribution in [3.8, 4) is 0 Å². The predicted molar refractivity (Wildman–Crippen MR) is 66.9 cm³/mol. The Hall–Kier alpha value is -2.31. The molecule has 0 atom stereocenters. The molecule has 0 saturated carbocycles. The number of anilines is 1. The van der Waals surface area contributed by atoms with E-state index in [-0.39, 0.29) is 5.91 Å². The summed E-state index contributed by atoms with van der Waals surface area (Å²) in [7, 11) is 0. The zero-order chi connectivity index (χ0) is 13.0. The Morgan fingerprint density at radius 1 is 1.50 bits per heavy atom. The monoisotopic (exact) mass is 248 g/mol. The molecule has 0 radical (unpaired) electrons. The van der Waals surface area contributed by atoms with E-state index in [0.717, 1.165) is 0 Å². The average molecular weight is 248 g/mol. The Morgan fingerprint density at radius 3 is 3.00 bits per heavy atom. The molecule has 18 heavy (non-hydrogen) atoms. The molecule has 1 amide bonds. The third-order valence-corrected chi connectivity index (χ3v) is 2.57. The van der Waals surface area contributed by atoms with E-state index in [4.69, 9.17) is 5.73 Å². The van der Waals surface area contributed by atoms with Crippen LogP contribution >= 0.6 is 0 Å². The summed E-state index contributed by atoms with van der Waals surface area (Å²) in [5, 5.41) is 10.9. The lowest BCUT2D eigenvalue weighted by atomic mass is 10.3. The summed E-state index contributed by atoms with van der Waals surface area (Å²) in [5.41, 5.74) is 6.53. The third kappa shape index (κ3) is 2.50. The lowest BCUT2D eigenvalue weighted by Gasteiger charge is -2.07. The number of rotatable bonds is 5. The molecule has 0 unspecified atom stereocenters. The van der Waals surface area contributed by atoms with Crippen LogP contribution in [0.2, 0.25) is 0 Å². The van der Waals surface area contributed by atoms with Gasteiger partial charge in [-0.2, -0.15) is 10.2 Å². The largest absolute Gasteiger partial charge is 0.396 e. The van der Waals surface area contributed by atoms with Gasteiger partial charge in [0.15, 0.2) is 0 Å². The molecule has 3 N–H and O–H groups in total. The molecule has 0 spiro atoms. The maximum absolute atomic E-state index is 12.0. The average Bonchev–Trinajstić information content (AvgIpc) is 2.98. The van der Waals surface area contributed by atoms with Crippen LogP contribution in [0.15, 0.2) is 24.7 Å². The summed E-state index contributed by atoms with van der Waals surface area (Å²) in [4.78, 5) is 12.0. The van der Waals surface area contributed by atoms with Crippen molar-refractivity contribution in [3.63, 3.8) is 0 Å². The molecular formula is C11H16N6O. The van der Waals surface area contributed by atoms with Gasteiger partial charge in [0.05, 0.1) is 18.4 Å². The summed E-state index contributed by atoms with van der Waals surface area (Å²) < 4.78 is 3.33. The zero-order valence-electron chi connectivity index (χ0n) is 10.2. The second-order valence-corrected chi connectivity index (χ2v) is 3.79. The van der Waals surface area contributed by atoms with Crippen LogP contribution in [0.5, 0.6) is 0 Å². The first-order valence-electron chi connectivity index (χ1n) is 5.79. The van der Waals surface area contributed by atoms with Gasteiger partial charge in [-0.1, -0.05) is 0 Å². The molecule has 7 heteroatoms. The first kappa shape index (κ1) is 12.2. The standard InChI is InChI=1S/C11H16N6O/c1-2-17-10(9(12)8-15-17)11(18)13-5-7-16-6-3-4-14-16/h3-4,6,8H,2,5,7,12H2,1H3,(H,13,18). The fourth-order valence-corrected chi connectivity index (χ4v) is 1.69. The van der Waals surface area contributed by atoms with Gasteiger partial charge in [0.2, 0.25) is 0 Å². The number of nitrogens with two attached hydrogens (primary N) is 1. The number of hydrogen-bond donors (Lipinski definition) is 2. The highest BCUT2D eigenvalue weighted by atomic mass is 16.2. The normalized spacial score (nSPS) is 10.5. The Labute approximate surface area is 105 Å². The SMILES string of the molecule is CCn1ncc(N)c1C(=O)NCCn1cccn1. The van der Waals surface area contributed by atoms with Crippen LogP contribution in [-0.2, 0) is 13.1 Å². The summed E-state index contributed by atoms with van der Waals surface area (Å²) in [6, 6.07) is 1.84. The summed E-state index contributed by atoms with van der Waals surface area (Å²) in [5.74, 6) is -0.209. The lowest BCUT2D eigenvalue weighted by Crippen LogP contribution is -2.30. The van der Waals surface area contributed by atoms with E-state index in [9.17, 15) is 4.79 Å². The van der Waals surface area contributed by atoms with E-state index in [1.165, 1.54) is 6.20 Å². The van der Waals surface area contributed by atoms with Crippen molar-refractivity contribution in [1.29, 1.82) is 0 Å². The molecule has 2 aromatic rings. The van der Waals surface area contributed by atoms with E-state index in [1.807, 2.05) is 19.2 Å². The summed E-state index contributed by atoms with van der Waals surface area (Å²) in [6.45, 7) is 3.64. The van der Waals surface area contributed by atoms with Crippen molar-refractivity contribution in [2.45, 2.75) is 20.0 Å². The van der Waals surface area contributed by atoms with E-state index < -0.39 is 0 Å². The number of nitrogen functional groups attached to an aromatic ring is 1. The smallest absolute Gasteiger partial charge is 0.271 e. The summed E-state index contributed by atoms with van der Waals surface area (Å²) >= 11 is 0. The lowest BCUT2D eigenvalue weighted by molar-refractivity contribution is 0.0942. The van der Waals surface area contributed by atoms with Gasteiger partial charge in [-0.05, 0) is 13.0 Å². The minimum atomic E-state index is -0.209. The quantitative estimate of drug-likeness (QED) is 0.785. The molecule has 2 aromatic heterocycles. The molecule has 0 aliphatic carbocycles. The van der Waals surface area contributed by atoms with Crippen molar-refractivity contribution in [2.75, 3.05) is 12.3 Å². The highest BCUT2D eigenvalue weighted by Crippen LogP contribution is 2.09. The van der Waals surface area contributed by atoms with Crippen molar-refractivity contribution < 1.29 is 4.79 Å². The Balaban J connectivity index is 1.93. The van der Waals surface area contributed by atoms with Crippen LogP contribution in [-0.4, -0.2) is 32.0 Å². The van der Waals surface area contributed by atoms with Crippen molar-refractivity contribution in [1.82, 2.24) is 24.9 Å². The van der Waals surface area contributed by atoms with Crippen molar-refractivity contribution >= 4 is 11.6 Å². The van der Waals surface area contributed by atoms with Crippen LogP contribution in [0.3, 0.4) is 0 Å². The maximum Gasteiger partial charge on any atom is 0.271 e.